The highest BCUT2D eigenvalue weighted by Gasteiger charge is 1.98. The molecule has 18 nitrogen and oxygen atoms in total. The van der Waals surface area contributed by atoms with Crippen LogP contribution in [0.5, 0.6) is 0 Å². The number of rotatable bonds is 0. The first-order chi connectivity index (χ1) is 31.1. The lowest BCUT2D eigenvalue weighted by atomic mass is 10.2. The fraction of sp³-hybridized carbons (Fsp3) is 0.0667. The van der Waals surface area contributed by atoms with Crippen LogP contribution < -0.4 is 44.7 Å². The molecule has 0 bridgehead atoms. The highest BCUT2D eigenvalue weighted by molar-refractivity contribution is 5.78. The van der Waals surface area contributed by atoms with E-state index in [1.807, 2.05) is 36.4 Å². The van der Waals surface area contributed by atoms with Crippen molar-refractivity contribution in [2.45, 2.75) is 22.3 Å². The Bertz CT molecular complexity index is 3210. The van der Waals surface area contributed by atoms with E-state index in [9.17, 15) is 38.4 Å². The van der Waals surface area contributed by atoms with E-state index < -0.39 is 11.4 Å². The molecule has 0 fully saturated rings. The Balaban J connectivity index is -0.000000743. The Morgan fingerprint density at radius 1 is 0.349 bits per heavy atom. The van der Waals surface area contributed by atoms with Gasteiger partial charge >= 0.3 is 11.4 Å². The Morgan fingerprint density at radius 2 is 0.683 bits per heavy atom. The van der Waals surface area contributed by atoms with Crippen molar-refractivity contribution in [2.24, 2.45) is 0 Å². The second-order valence-electron chi connectivity index (χ2n) is 11.9. The van der Waals surface area contributed by atoms with Crippen molar-refractivity contribution in [3.63, 3.8) is 0 Å². The van der Waals surface area contributed by atoms with Crippen molar-refractivity contribution in [3.8, 4) is 0 Å². The van der Waals surface area contributed by atoms with E-state index in [1.165, 1.54) is 24.8 Å². The fourth-order valence-electron chi connectivity index (χ4n) is 5.01. The second kappa shape index (κ2) is 25.4. The maximum atomic E-state index is 11.1. The first kappa shape index (κ1) is 46.6. The maximum absolute atomic E-state index is 11.1. The average Bonchev–Trinajstić information content (AvgIpc) is 3.32. The van der Waals surface area contributed by atoms with Gasteiger partial charge in [-0.15, -0.1) is 0 Å². The lowest BCUT2D eigenvalue weighted by Gasteiger charge is -1.92. The van der Waals surface area contributed by atoms with E-state index in [0.29, 0.717) is 32.6 Å². The molecule has 4 aromatic carbocycles. The zero-order chi connectivity index (χ0) is 46.7. The third-order valence-corrected chi connectivity index (χ3v) is 7.75. The molecule has 63 heavy (non-hydrogen) atoms. The minimum Gasteiger partial charge on any atom is -0.329 e. The van der Waals surface area contributed by atoms with Gasteiger partial charge in [-0.2, -0.15) is 0 Å². The summed E-state index contributed by atoms with van der Waals surface area (Å²) in [6, 6.07) is 38.0. The largest absolute Gasteiger partial charge is 0.329 e. The molecule has 6 aromatic heterocycles. The summed E-state index contributed by atoms with van der Waals surface area (Å²) in [4.78, 5) is 114. The number of aromatic amines is 8. The van der Waals surface area contributed by atoms with Crippen LogP contribution in [0.25, 0.3) is 43.6 Å². The Hall–Kier alpha value is -9.06. The molecule has 0 spiro atoms. The first-order valence-corrected chi connectivity index (χ1v) is 17.6. The fourth-order valence-corrected chi connectivity index (χ4v) is 5.01. The van der Waals surface area contributed by atoms with Gasteiger partial charge in [-0.1, -0.05) is 82.9 Å². The van der Waals surface area contributed by atoms with Crippen LogP contribution >= 0.6 is 0 Å². The van der Waals surface area contributed by atoms with Crippen LogP contribution in [0.2, 0.25) is 0 Å². The number of fused-ring (bicyclic) bond motifs is 4. The lowest BCUT2D eigenvalue weighted by molar-refractivity contribution is 1.08. The van der Waals surface area contributed by atoms with E-state index in [2.05, 4.69) is 49.8 Å². The normalized spacial score (nSPS) is 9.65. The molecule has 10 rings (SSSR count). The Labute approximate surface area is 365 Å². The molecule has 0 unspecified atom stereocenters. The highest BCUT2D eigenvalue weighted by atomic mass is 16.2. The molecular weight excluding hydrogens is 809 g/mol. The summed E-state index contributed by atoms with van der Waals surface area (Å²) in [5, 5.41) is 2.26. The van der Waals surface area contributed by atoms with Gasteiger partial charge in [-0.25, -0.2) is 19.6 Å². The topological polar surface area (TPSA) is 289 Å². The highest BCUT2D eigenvalue weighted by Crippen LogP contribution is 2.04. The molecule has 0 radical (unpaired) electrons. The van der Waals surface area contributed by atoms with Gasteiger partial charge in [0, 0.05) is 33.3 Å². The summed E-state index contributed by atoms with van der Waals surface area (Å²) < 4.78 is 20.0. The summed E-state index contributed by atoms with van der Waals surface area (Å²) in [5.74, 6) is 0. The summed E-state index contributed by atoms with van der Waals surface area (Å²) in [7, 11) is 0. The minimum absolute atomic E-state index is 0. The number of para-hydroxylation sites is 4. The second-order valence-corrected chi connectivity index (χ2v) is 11.9. The van der Waals surface area contributed by atoms with Crippen LogP contribution in [0.4, 0.5) is 0 Å². The average molecular weight is 875 g/mol. The monoisotopic (exact) mass is 874 g/mol. The standard InChI is InChI=1S/2C8H6N2O2.2C8H6N2O.2C5H5NO.3CH4.4H2/c2*11-7-5-3-1-2-4-6(5)9-8(12)10-7;2*11-8-6-3-1-2-4-7(6)9-5-10-8;2*7-5-3-1-2-4-6-5;;;;;;;/h2*1-4H,(H2,9,10,11,12);2*1-5H,(H,9,10,11);2*1-4H,(H,6,7);3*1H4;4*1H/i;;;;;;;;;2*1+2T;2*1+2. The molecule has 8 N–H and O–H groups in total. The van der Waals surface area contributed by atoms with Crippen molar-refractivity contribution in [2.75, 3.05) is 0 Å². The summed E-state index contributed by atoms with van der Waals surface area (Å²) in [5.41, 5.74) is 0.655. The van der Waals surface area contributed by atoms with Crippen LogP contribution in [0.1, 0.15) is 31.1 Å². The van der Waals surface area contributed by atoms with E-state index in [1.54, 1.807) is 97.3 Å². The number of nitrogens with zero attached hydrogens (tertiary/aromatic N) is 2. The van der Waals surface area contributed by atoms with E-state index in [4.69, 9.17) is 5.94 Å². The van der Waals surface area contributed by atoms with E-state index in [-0.39, 0.29) is 58.5 Å². The number of benzene rings is 4. The van der Waals surface area contributed by atoms with Crippen LogP contribution in [-0.4, -0.2) is 49.8 Å². The van der Waals surface area contributed by atoms with Gasteiger partial charge in [-0.3, -0.25) is 38.7 Å². The molecule has 0 saturated carbocycles. The predicted molar refractivity (Wildman–Crippen MR) is 258 cm³/mol. The van der Waals surface area contributed by atoms with Crippen molar-refractivity contribution >= 4 is 43.6 Å². The first-order valence-electron chi connectivity index (χ1n) is 19.6. The number of hydrogen-bond acceptors (Lipinski definition) is 10. The van der Waals surface area contributed by atoms with Gasteiger partial charge in [0.25, 0.3) is 22.2 Å². The zero-order valence-electron chi connectivity index (χ0n) is 35.2. The molecular formula is C45H54N10O8. The van der Waals surface area contributed by atoms with Crippen LogP contribution in [0.3, 0.4) is 0 Å². The third kappa shape index (κ3) is 15.2. The molecule has 0 aliphatic heterocycles. The summed E-state index contributed by atoms with van der Waals surface area (Å²) in [6.07, 6.45) is 6.01. The van der Waals surface area contributed by atoms with Crippen LogP contribution in [0, 0.1) is 0 Å². The molecule has 0 saturated heterocycles. The molecule has 10 aromatic rings. The predicted octanol–water partition coefficient (Wildman–Crippen LogP) is 5.92. The van der Waals surface area contributed by atoms with Crippen molar-refractivity contribution in [3.05, 3.63) is 242 Å². The van der Waals surface area contributed by atoms with Crippen LogP contribution in [-0.2, 0) is 0 Å². The summed E-state index contributed by atoms with van der Waals surface area (Å²) >= 11 is 0. The van der Waals surface area contributed by atoms with Crippen molar-refractivity contribution in [1.29, 1.82) is 0 Å². The van der Waals surface area contributed by atoms with Gasteiger partial charge in [0.2, 0.25) is 11.1 Å². The lowest BCUT2D eigenvalue weighted by Crippen LogP contribution is -2.21. The maximum Gasteiger partial charge on any atom is 0.326 e. The molecule has 0 aliphatic rings. The van der Waals surface area contributed by atoms with Crippen LogP contribution in [0.15, 0.2) is 197 Å². The number of nitrogens with one attached hydrogen (secondary N) is 8. The molecule has 0 aliphatic carbocycles. The summed E-state index contributed by atoms with van der Waals surface area (Å²) in [6.45, 7) is 0. The van der Waals surface area contributed by atoms with Gasteiger partial charge in [0.15, 0.2) is 0 Å². The SMILES string of the molecule is C.C.C.O=c1[nH]c(=O)c2ccccc2[nH]1.O=c1[nH]c(=O)c2ccccc2[nH]1.O=c1[nH]cnc2ccccc12.O=c1[nH]cnc2ccccc12.O=c1cccc[nH]1.O=c1cccc[nH]1.[3HH].[3HH].[3H][3H].[3H][3H]. The number of H-pyrrole nitrogens is 8. The number of hydrogen-bond donors (Lipinski definition) is 8. The zero-order valence-corrected chi connectivity index (χ0v) is 31.2. The van der Waals surface area contributed by atoms with Gasteiger partial charge in [0.1, 0.15) is 0 Å². The molecule has 0 amide bonds. The minimum atomic E-state index is -0.473. The molecule has 18 heteroatoms. The third-order valence-electron chi connectivity index (χ3n) is 7.75. The Kier molecular flexibility index (Phi) is 18.8. The number of pyridine rings is 2. The molecule has 0 atom stereocenters. The molecule has 6 heterocycles. The Morgan fingerprint density at radius 3 is 1.00 bits per heavy atom. The van der Waals surface area contributed by atoms with Gasteiger partial charge in [0.05, 0.1) is 56.3 Å². The van der Waals surface area contributed by atoms with Gasteiger partial charge in [-0.05, 0) is 60.7 Å². The van der Waals surface area contributed by atoms with Crippen molar-refractivity contribution in [1.82, 2.24) is 49.8 Å². The molecule has 332 valence electrons. The van der Waals surface area contributed by atoms with Gasteiger partial charge < -0.3 is 29.9 Å². The smallest absolute Gasteiger partial charge is 0.326 e. The van der Waals surface area contributed by atoms with E-state index >= 15 is 0 Å². The quantitative estimate of drug-likeness (QED) is 0.0890. The van der Waals surface area contributed by atoms with E-state index in [0.717, 1.165) is 11.0 Å². The number of aromatic nitrogens is 10. The van der Waals surface area contributed by atoms with Crippen molar-refractivity contribution < 1.29 is 8.79 Å².